The van der Waals surface area contributed by atoms with E-state index in [1.54, 1.807) is 6.08 Å². The average molecular weight is 415 g/mol. The molecule has 0 rings (SSSR count). The lowest BCUT2D eigenvalue weighted by atomic mass is 9.98. The SMILES string of the molecule is CCCC/C=C/C(=O)NCC[N+](CCO)(C(CCC)C(=O)[O-])C(CCC)C(=O)O. The lowest BCUT2D eigenvalue weighted by molar-refractivity contribution is -0.959. The molecule has 168 valence electrons. The molecule has 0 saturated carbocycles. The minimum atomic E-state index is -1.33. The molecule has 0 fully saturated rings. The second kappa shape index (κ2) is 15.0. The van der Waals surface area contributed by atoms with Crippen molar-refractivity contribution in [3.8, 4) is 0 Å². The van der Waals surface area contributed by atoms with Crippen LogP contribution in [0.5, 0.6) is 0 Å². The van der Waals surface area contributed by atoms with Crippen molar-refractivity contribution in [2.45, 2.75) is 77.8 Å². The third-order valence-electron chi connectivity index (χ3n) is 5.26. The molecule has 0 bridgehead atoms. The quantitative estimate of drug-likeness (QED) is 0.184. The minimum Gasteiger partial charge on any atom is -0.544 e. The van der Waals surface area contributed by atoms with Gasteiger partial charge in [-0.05, 0) is 18.9 Å². The Morgan fingerprint density at radius 2 is 1.66 bits per heavy atom. The Bertz CT molecular complexity index is 511. The van der Waals surface area contributed by atoms with E-state index in [4.69, 9.17) is 0 Å². The summed E-state index contributed by atoms with van der Waals surface area (Å²) in [5.41, 5.74) is 0. The molecule has 0 radical (unpaired) electrons. The van der Waals surface area contributed by atoms with Crippen molar-refractivity contribution in [3.05, 3.63) is 12.2 Å². The number of nitrogens with zero attached hydrogens (tertiary/aromatic N) is 1. The van der Waals surface area contributed by atoms with E-state index >= 15 is 0 Å². The Kier molecular flexibility index (Phi) is 14.0. The summed E-state index contributed by atoms with van der Waals surface area (Å²) in [7, 11) is 0. The Morgan fingerprint density at radius 1 is 1.03 bits per heavy atom. The standard InChI is InChI=1S/C21H38N2O6/c1-4-7-8-9-12-19(25)22-13-14-23(15-16-24,17(10-5-2)20(26)27)18(11-6-3)21(28)29/h9,12,17-18,24H,4-8,10-11,13-16H2,1-3H3,(H2-,22,25,26,27,28,29)/b12-9+. The Morgan fingerprint density at radius 3 is 2.14 bits per heavy atom. The molecule has 0 aromatic carbocycles. The second-order valence-electron chi connectivity index (χ2n) is 7.38. The van der Waals surface area contributed by atoms with Crippen LogP contribution < -0.4 is 10.4 Å². The Hall–Kier alpha value is -1.93. The third kappa shape index (κ3) is 8.95. The molecule has 3 unspecified atom stereocenters. The average Bonchev–Trinajstić information content (AvgIpc) is 2.66. The van der Waals surface area contributed by atoms with Gasteiger partial charge in [0.1, 0.15) is 12.6 Å². The van der Waals surface area contributed by atoms with E-state index in [9.17, 15) is 29.7 Å². The number of hydrogen-bond acceptors (Lipinski definition) is 5. The Labute approximate surface area is 174 Å². The number of quaternary nitrogens is 1. The highest BCUT2D eigenvalue weighted by Crippen LogP contribution is 2.26. The van der Waals surface area contributed by atoms with Gasteiger partial charge in [-0.3, -0.25) is 4.79 Å². The first-order valence-electron chi connectivity index (χ1n) is 10.7. The fraction of sp³-hybridized carbons (Fsp3) is 0.762. The maximum absolute atomic E-state index is 12.0. The highest BCUT2D eigenvalue weighted by molar-refractivity contribution is 5.87. The number of rotatable bonds is 17. The predicted octanol–water partition coefficient (Wildman–Crippen LogP) is 0.830. The minimum absolute atomic E-state index is 0.0299. The van der Waals surface area contributed by atoms with E-state index in [-0.39, 0.29) is 49.5 Å². The van der Waals surface area contributed by atoms with E-state index < -0.39 is 24.0 Å². The number of amides is 1. The van der Waals surface area contributed by atoms with Crippen LogP contribution in [0.3, 0.4) is 0 Å². The number of hydrogen-bond donors (Lipinski definition) is 3. The number of carbonyl (C=O) groups is 3. The van der Waals surface area contributed by atoms with E-state index in [0.717, 1.165) is 19.3 Å². The van der Waals surface area contributed by atoms with E-state index in [1.807, 2.05) is 13.8 Å². The topological polar surface area (TPSA) is 127 Å². The van der Waals surface area contributed by atoms with Crippen LogP contribution in [-0.2, 0) is 14.4 Å². The first-order chi connectivity index (χ1) is 13.8. The molecule has 0 aliphatic rings. The molecule has 0 aliphatic heterocycles. The maximum Gasteiger partial charge on any atom is 0.362 e. The molecule has 0 saturated heterocycles. The molecule has 8 nitrogen and oxygen atoms in total. The highest BCUT2D eigenvalue weighted by Gasteiger charge is 2.47. The number of unbranched alkanes of at least 4 members (excludes halogenated alkanes) is 2. The Balaban J connectivity index is 5.63. The van der Waals surface area contributed by atoms with Crippen LogP contribution >= 0.6 is 0 Å². The predicted molar refractivity (Wildman–Crippen MR) is 109 cm³/mol. The summed E-state index contributed by atoms with van der Waals surface area (Å²) in [6, 6.07) is -2.07. The van der Waals surface area contributed by atoms with Crippen LogP contribution in [0.4, 0.5) is 0 Å². The van der Waals surface area contributed by atoms with E-state index in [1.165, 1.54) is 6.08 Å². The van der Waals surface area contributed by atoms with Crippen molar-refractivity contribution >= 4 is 17.8 Å². The van der Waals surface area contributed by atoms with Crippen LogP contribution in [0.1, 0.15) is 65.7 Å². The molecule has 8 heteroatoms. The van der Waals surface area contributed by atoms with Gasteiger partial charge in [0.25, 0.3) is 0 Å². The zero-order valence-electron chi connectivity index (χ0n) is 18.1. The first-order valence-corrected chi connectivity index (χ1v) is 10.7. The summed E-state index contributed by atoms with van der Waals surface area (Å²) in [5, 5.41) is 34.1. The zero-order chi connectivity index (χ0) is 22.3. The molecular formula is C21H38N2O6. The smallest absolute Gasteiger partial charge is 0.362 e. The van der Waals surface area contributed by atoms with Crippen LogP contribution in [0.15, 0.2) is 12.2 Å². The van der Waals surface area contributed by atoms with Crippen molar-refractivity contribution in [2.75, 3.05) is 26.2 Å². The molecule has 3 atom stereocenters. The molecule has 0 aliphatic carbocycles. The van der Waals surface area contributed by atoms with Crippen molar-refractivity contribution in [3.63, 3.8) is 0 Å². The van der Waals surface area contributed by atoms with Gasteiger partial charge in [-0.1, -0.05) is 46.1 Å². The van der Waals surface area contributed by atoms with Gasteiger partial charge in [0.15, 0.2) is 6.04 Å². The lowest BCUT2D eigenvalue weighted by Gasteiger charge is -2.48. The van der Waals surface area contributed by atoms with Gasteiger partial charge in [0, 0.05) is 12.8 Å². The van der Waals surface area contributed by atoms with Crippen LogP contribution in [-0.4, -0.2) is 70.9 Å². The number of nitrogens with one attached hydrogen (secondary N) is 1. The number of carboxylic acids is 2. The zero-order valence-corrected chi connectivity index (χ0v) is 18.1. The van der Waals surface area contributed by atoms with Crippen molar-refractivity contribution in [2.24, 2.45) is 0 Å². The fourth-order valence-electron chi connectivity index (χ4n) is 3.83. The van der Waals surface area contributed by atoms with Crippen molar-refractivity contribution in [1.82, 2.24) is 5.32 Å². The molecule has 1 amide bonds. The van der Waals surface area contributed by atoms with E-state index in [2.05, 4.69) is 12.2 Å². The van der Waals surface area contributed by atoms with Gasteiger partial charge in [-0.15, -0.1) is 0 Å². The highest BCUT2D eigenvalue weighted by atomic mass is 16.4. The number of aliphatic hydroxyl groups excluding tert-OH is 1. The van der Waals surface area contributed by atoms with Gasteiger partial charge in [0.2, 0.25) is 5.91 Å². The number of carbonyl (C=O) groups excluding carboxylic acids is 2. The van der Waals surface area contributed by atoms with Gasteiger partial charge in [-0.2, -0.15) is 0 Å². The van der Waals surface area contributed by atoms with Gasteiger partial charge >= 0.3 is 5.97 Å². The summed E-state index contributed by atoms with van der Waals surface area (Å²) in [4.78, 5) is 36.0. The largest absolute Gasteiger partial charge is 0.544 e. The third-order valence-corrected chi connectivity index (χ3v) is 5.26. The summed E-state index contributed by atoms with van der Waals surface area (Å²) >= 11 is 0. The summed E-state index contributed by atoms with van der Waals surface area (Å²) in [6.07, 6.45) is 7.65. The summed E-state index contributed by atoms with van der Waals surface area (Å²) in [6.45, 7) is 5.53. The summed E-state index contributed by atoms with van der Waals surface area (Å²) in [5.74, 6) is -2.73. The number of carboxylic acid groups (broad SMARTS) is 2. The first kappa shape index (κ1) is 27.1. The van der Waals surface area contributed by atoms with Crippen LogP contribution in [0.25, 0.3) is 0 Å². The van der Waals surface area contributed by atoms with Gasteiger partial charge < -0.3 is 29.9 Å². The molecule has 0 aromatic rings. The molecule has 0 spiro atoms. The van der Waals surface area contributed by atoms with Crippen molar-refractivity contribution in [1.29, 1.82) is 0 Å². The monoisotopic (exact) mass is 414 g/mol. The fourth-order valence-corrected chi connectivity index (χ4v) is 3.83. The molecule has 29 heavy (non-hydrogen) atoms. The van der Waals surface area contributed by atoms with Gasteiger partial charge in [0.05, 0.1) is 25.7 Å². The molecule has 0 aromatic heterocycles. The van der Waals surface area contributed by atoms with E-state index in [0.29, 0.717) is 12.8 Å². The van der Waals surface area contributed by atoms with Crippen molar-refractivity contribution < 1.29 is 34.2 Å². The normalized spacial score (nSPS) is 15.6. The van der Waals surface area contributed by atoms with Crippen LogP contribution in [0.2, 0.25) is 0 Å². The number of aliphatic hydroxyl groups is 1. The lowest BCUT2D eigenvalue weighted by Crippen LogP contribution is -2.70. The summed E-state index contributed by atoms with van der Waals surface area (Å²) < 4.78 is -0.338. The second-order valence-corrected chi connectivity index (χ2v) is 7.38. The molecular weight excluding hydrogens is 376 g/mol. The van der Waals surface area contributed by atoms with Gasteiger partial charge in [-0.25, -0.2) is 4.79 Å². The molecule has 3 N–H and O–H groups in total. The number of allylic oxidation sites excluding steroid dienone is 1. The number of aliphatic carboxylic acids is 2. The molecule has 0 heterocycles. The maximum atomic E-state index is 12.0. The van der Waals surface area contributed by atoms with Crippen LogP contribution in [0, 0.1) is 0 Å².